The van der Waals surface area contributed by atoms with Crippen LogP contribution < -0.4 is 0 Å². The Balaban J connectivity index is 0.000000247. The van der Waals surface area contributed by atoms with E-state index in [9.17, 15) is 0 Å². The first-order valence-corrected chi connectivity index (χ1v) is 7.14. The Kier molecular flexibility index (Phi) is 11.0. The van der Waals surface area contributed by atoms with Gasteiger partial charge in [0.25, 0.3) is 0 Å². The number of hydrogen-bond acceptors (Lipinski definition) is 0. The molecule has 2 aromatic rings. The molecule has 0 aliphatic rings. The Bertz CT molecular complexity index is 333. The molecule has 5 heteroatoms. The van der Waals surface area contributed by atoms with Gasteiger partial charge in [0.05, 0.1) is 0 Å². The van der Waals surface area contributed by atoms with Crippen molar-refractivity contribution < 1.29 is 13.1 Å². The topological polar surface area (TPSA) is 47.6 Å². The first kappa shape index (κ1) is 16.1. The minimum Gasteiger partial charge on any atom is -0.699 e. The summed E-state index contributed by atoms with van der Waals surface area (Å²) in [4.78, 5) is 0. The van der Waals surface area contributed by atoms with Crippen molar-refractivity contribution >= 4 is 31.6 Å². The molecule has 2 aromatic carbocycles. The number of halogens is 2. The fraction of sp³-hybridized carbons (Fsp3) is 0. The molecule has 0 aliphatic carbocycles. The van der Waals surface area contributed by atoms with Crippen LogP contribution in [0.25, 0.3) is 11.5 Å². The fourth-order valence-corrected chi connectivity index (χ4v) is 0.876. The summed E-state index contributed by atoms with van der Waals surface area (Å²) in [5, 5.41) is 0. The summed E-state index contributed by atoms with van der Waals surface area (Å²) < 4.78 is 0. The molecule has 0 saturated heterocycles. The molecule has 0 saturated carbocycles. The molecule has 17 heavy (non-hydrogen) atoms. The molecule has 0 aromatic heterocycles. The second-order valence-corrected chi connectivity index (χ2v) is 4.33. The Morgan fingerprint density at radius 1 is 0.647 bits per heavy atom. The number of benzene rings is 2. The van der Waals surface area contributed by atoms with Crippen LogP contribution in [0.15, 0.2) is 60.7 Å². The standard InChI is InChI=1S/2C6H6N.2ClH.Cu/c2*7-6-4-2-1-3-5-6;;;/h2*1-5,7H;2*1H;/q2*-1;;;+2/p-2. The summed E-state index contributed by atoms with van der Waals surface area (Å²) in [6.07, 6.45) is 0. The van der Waals surface area contributed by atoms with E-state index >= 15 is 0 Å². The van der Waals surface area contributed by atoms with Crippen molar-refractivity contribution in [2.75, 3.05) is 0 Å². The van der Waals surface area contributed by atoms with E-state index in [2.05, 4.69) is 20.2 Å². The summed E-state index contributed by atoms with van der Waals surface area (Å²) in [6, 6.07) is 18.2. The van der Waals surface area contributed by atoms with Crippen LogP contribution in [-0.2, 0) is 13.1 Å². The van der Waals surface area contributed by atoms with E-state index in [1.165, 1.54) is 0 Å². The first-order chi connectivity index (χ1) is 8.20. The minimum atomic E-state index is 0.572. The van der Waals surface area contributed by atoms with Gasteiger partial charge in [0.15, 0.2) is 0 Å². The summed E-state index contributed by atoms with van der Waals surface area (Å²) >= 11 is 0.757. The number of hydrogen-bond donors (Lipinski definition) is 0. The van der Waals surface area contributed by atoms with E-state index in [0.29, 0.717) is 11.4 Å². The third-order valence-corrected chi connectivity index (χ3v) is 1.55. The zero-order chi connectivity index (χ0) is 12.9. The molecular weight excluding hydrogens is 307 g/mol. The predicted molar refractivity (Wildman–Crippen MR) is 72.6 cm³/mol. The van der Waals surface area contributed by atoms with Crippen molar-refractivity contribution in [1.29, 1.82) is 0 Å². The molecule has 2 rings (SSSR count). The molecule has 2 N–H and O–H groups in total. The molecular formula is C12H12Cl2CuN2-2. The maximum Gasteiger partial charge on any atom is -0.0624 e. The van der Waals surface area contributed by atoms with Crippen LogP contribution in [0, 0.1) is 0 Å². The van der Waals surface area contributed by atoms with Crippen molar-refractivity contribution in [3.05, 3.63) is 72.1 Å². The van der Waals surface area contributed by atoms with Gasteiger partial charge >= 0.3 is 33.3 Å². The van der Waals surface area contributed by atoms with E-state index in [1.54, 1.807) is 24.3 Å². The van der Waals surface area contributed by atoms with Crippen LogP contribution in [-0.4, -0.2) is 0 Å². The minimum absolute atomic E-state index is 0.572. The molecule has 0 fully saturated rings. The average molecular weight is 319 g/mol. The van der Waals surface area contributed by atoms with Gasteiger partial charge in [-0.1, -0.05) is 60.7 Å². The quantitative estimate of drug-likeness (QED) is 0.526. The normalized spacial score (nSPS) is 8.35. The van der Waals surface area contributed by atoms with Crippen LogP contribution in [0.4, 0.5) is 11.4 Å². The molecule has 2 nitrogen and oxygen atoms in total. The first-order valence-electron chi connectivity index (χ1n) is 4.55. The fourth-order valence-electron chi connectivity index (χ4n) is 0.876. The van der Waals surface area contributed by atoms with Crippen LogP contribution in [0.5, 0.6) is 0 Å². The molecule has 0 unspecified atom stereocenters. The van der Waals surface area contributed by atoms with Gasteiger partial charge < -0.3 is 11.5 Å². The molecule has 0 bridgehead atoms. The van der Waals surface area contributed by atoms with Gasteiger partial charge in [0.1, 0.15) is 0 Å². The Morgan fingerprint density at radius 2 is 0.882 bits per heavy atom. The van der Waals surface area contributed by atoms with E-state index in [4.69, 9.17) is 11.5 Å². The second-order valence-electron chi connectivity index (χ2n) is 2.78. The Morgan fingerprint density at radius 3 is 1.00 bits per heavy atom. The monoisotopic (exact) mass is 317 g/mol. The molecule has 97 valence electrons. The summed E-state index contributed by atoms with van der Waals surface area (Å²) in [5.74, 6) is 0. The maximum atomic E-state index is 7.00. The van der Waals surface area contributed by atoms with Crippen molar-refractivity contribution in [3.63, 3.8) is 0 Å². The molecule has 0 heterocycles. The third-order valence-electron chi connectivity index (χ3n) is 1.55. The second kappa shape index (κ2) is 11.6. The molecule has 0 spiro atoms. The van der Waals surface area contributed by atoms with Crippen molar-refractivity contribution in [2.45, 2.75) is 0 Å². The Labute approximate surface area is 117 Å². The predicted octanol–water partition coefficient (Wildman–Crippen LogP) is 6.12. The van der Waals surface area contributed by atoms with Crippen LogP contribution >= 0.6 is 20.2 Å². The molecule has 0 aliphatic heterocycles. The average Bonchev–Trinajstić information content (AvgIpc) is 2.33. The summed E-state index contributed by atoms with van der Waals surface area (Å²) in [7, 11) is 9.34. The van der Waals surface area contributed by atoms with Crippen LogP contribution in [0.3, 0.4) is 0 Å². The van der Waals surface area contributed by atoms with E-state index in [0.717, 1.165) is 13.1 Å². The number of nitrogens with one attached hydrogen (secondary N) is 2. The van der Waals surface area contributed by atoms with Gasteiger partial charge in [-0.2, -0.15) is 0 Å². The van der Waals surface area contributed by atoms with Gasteiger partial charge in [0, 0.05) is 0 Å². The van der Waals surface area contributed by atoms with Gasteiger partial charge in [-0.3, -0.25) is 0 Å². The zero-order valence-corrected chi connectivity index (χ0v) is 11.3. The third kappa shape index (κ3) is 11.4. The SMILES string of the molecule is [Cl][Cu][Cl].[NH-]c1ccccc1.[NH-]c1ccccc1. The maximum absolute atomic E-state index is 7.00. The van der Waals surface area contributed by atoms with Gasteiger partial charge in [0.2, 0.25) is 0 Å². The van der Waals surface area contributed by atoms with Gasteiger partial charge in [-0.25, -0.2) is 0 Å². The number of rotatable bonds is 0. The van der Waals surface area contributed by atoms with Gasteiger partial charge in [-0.05, 0) is 0 Å². The zero-order valence-electron chi connectivity index (χ0n) is 8.83. The van der Waals surface area contributed by atoms with E-state index in [-0.39, 0.29) is 0 Å². The van der Waals surface area contributed by atoms with Crippen LogP contribution in [0.2, 0.25) is 0 Å². The molecule has 0 atom stereocenters. The largest absolute Gasteiger partial charge is 0.699 e. The van der Waals surface area contributed by atoms with Crippen molar-refractivity contribution in [2.24, 2.45) is 0 Å². The van der Waals surface area contributed by atoms with E-state index < -0.39 is 0 Å². The Hall–Kier alpha value is -0.861. The summed E-state index contributed by atoms with van der Waals surface area (Å²) in [5.41, 5.74) is 15.1. The van der Waals surface area contributed by atoms with Crippen LogP contribution in [0.1, 0.15) is 0 Å². The van der Waals surface area contributed by atoms with Crippen molar-refractivity contribution in [1.82, 2.24) is 0 Å². The molecule has 0 radical (unpaired) electrons. The smallest absolute Gasteiger partial charge is 0.0624 e. The van der Waals surface area contributed by atoms with Crippen molar-refractivity contribution in [3.8, 4) is 0 Å². The van der Waals surface area contributed by atoms with Gasteiger partial charge in [-0.15, -0.1) is 11.4 Å². The molecule has 0 amide bonds. The van der Waals surface area contributed by atoms with E-state index in [1.807, 2.05) is 36.4 Å². The summed E-state index contributed by atoms with van der Waals surface area (Å²) in [6.45, 7) is 0.